The minimum absolute atomic E-state index is 0.0731. The molecule has 0 aliphatic heterocycles. The first-order valence-corrected chi connectivity index (χ1v) is 12.3. The Morgan fingerprint density at radius 2 is 1.69 bits per heavy atom. The molecule has 0 saturated heterocycles. The van der Waals surface area contributed by atoms with Crippen molar-refractivity contribution in [1.82, 2.24) is 14.7 Å². The Morgan fingerprint density at radius 1 is 1.03 bits per heavy atom. The predicted octanol–water partition coefficient (Wildman–Crippen LogP) is 5.76. The van der Waals surface area contributed by atoms with Crippen LogP contribution < -0.4 is 15.4 Å². The molecule has 8 heteroatoms. The lowest BCUT2D eigenvalue weighted by atomic mass is 9.92. The van der Waals surface area contributed by atoms with Crippen LogP contribution in [0.4, 0.5) is 16.3 Å². The van der Waals surface area contributed by atoms with Crippen molar-refractivity contribution in [3.63, 3.8) is 0 Å². The molecule has 3 amide bonds. The number of anilines is 2. The molecule has 0 bridgehead atoms. The van der Waals surface area contributed by atoms with Crippen LogP contribution in [0.3, 0.4) is 0 Å². The highest BCUT2D eigenvalue weighted by Gasteiger charge is 2.23. The maximum atomic E-state index is 13.1. The summed E-state index contributed by atoms with van der Waals surface area (Å²) in [6, 6.07) is 16.6. The van der Waals surface area contributed by atoms with Gasteiger partial charge in [-0.15, -0.1) is 0 Å². The van der Waals surface area contributed by atoms with Crippen LogP contribution in [0.25, 0.3) is 5.69 Å². The van der Waals surface area contributed by atoms with E-state index >= 15 is 0 Å². The monoisotopic (exact) mass is 491 g/mol. The van der Waals surface area contributed by atoms with E-state index in [9.17, 15) is 9.59 Å². The summed E-state index contributed by atoms with van der Waals surface area (Å²) < 4.78 is 6.97. The van der Waals surface area contributed by atoms with Crippen molar-refractivity contribution in [1.29, 1.82) is 0 Å². The van der Waals surface area contributed by atoms with Crippen LogP contribution >= 0.6 is 0 Å². The number of aromatic nitrogens is 2. The van der Waals surface area contributed by atoms with Crippen molar-refractivity contribution in [2.75, 3.05) is 30.8 Å². The number of carbonyl (C=O) groups is 2. The number of amides is 3. The molecule has 192 valence electrons. The Bertz CT molecular complexity index is 1160. The third-order valence-electron chi connectivity index (χ3n) is 5.77. The van der Waals surface area contributed by atoms with Gasteiger partial charge in [-0.3, -0.25) is 4.79 Å². The summed E-state index contributed by atoms with van der Waals surface area (Å²) in [4.78, 5) is 27.7. The zero-order valence-corrected chi connectivity index (χ0v) is 22.1. The third-order valence-corrected chi connectivity index (χ3v) is 5.77. The number of carbonyl (C=O) groups excluding carboxylic acids is 2. The predicted molar refractivity (Wildman–Crippen MR) is 144 cm³/mol. The molecule has 3 rings (SSSR count). The van der Waals surface area contributed by atoms with Crippen LogP contribution in [0.1, 0.15) is 51.8 Å². The molecule has 0 unspecified atom stereocenters. The molecular weight excluding hydrogens is 454 g/mol. The van der Waals surface area contributed by atoms with Crippen molar-refractivity contribution in [2.45, 2.75) is 52.9 Å². The minimum Gasteiger partial charge on any atom is -0.497 e. The first-order chi connectivity index (χ1) is 17.1. The highest BCUT2D eigenvalue weighted by Crippen LogP contribution is 2.27. The normalized spacial score (nSPS) is 11.2. The van der Waals surface area contributed by atoms with Crippen molar-refractivity contribution in [3.05, 3.63) is 65.9 Å². The lowest BCUT2D eigenvalue weighted by Crippen LogP contribution is -2.41. The SMILES string of the molecule is CCCCN(CC(=O)Nc1cc(C(C)(C)C)nn1-c1ccc(OC)cc1)C(=O)Nc1ccc(C)cc1. The second-order valence-corrected chi connectivity index (χ2v) is 9.89. The lowest BCUT2D eigenvalue weighted by Gasteiger charge is -2.22. The summed E-state index contributed by atoms with van der Waals surface area (Å²) in [6.45, 7) is 10.7. The number of unbranched alkanes of at least 4 members (excludes halogenated alkanes) is 1. The molecule has 2 N–H and O–H groups in total. The molecule has 8 nitrogen and oxygen atoms in total. The molecule has 36 heavy (non-hydrogen) atoms. The molecule has 1 aromatic heterocycles. The number of hydrogen-bond acceptors (Lipinski definition) is 4. The quantitative estimate of drug-likeness (QED) is 0.398. The molecule has 0 saturated carbocycles. The lowest BCUT2D eigenvalue weighted by molar-refractivity contribution is -0.116. The Hall–Kier alpha value is -3.81. The summed E-state index contributed by atoms with van der Waals surface area (Å²) in [7, 11) is 1.62. The first-order valence-electron chi connectivity index (χ1n) is 12.3. The van der Waals surface area contributed by atoms with Crippen molar-refractivity contribution < 1.29 is 14.3 Å². The van der Waals surface area contributed by atoms with Crippen LogP contribution in [0, 0.1) is 6.92 Å². The van der Waals surface area contributed by atoms with Gasteiger partial charge in [0.05, 0.1) is 18.5 Å². The Balaban J connectivity index is 1.80. The first kappa shape index (κ1) is 26.8. The zero-order valence-electron chi connectivity index (χ0n) is 22.1. The van der Waals surface area contributed by atoms with E-state index in [1.165, 1.54) is 4.90 Å². The number of hydrogen-bond donors (Lipinski definition) is 2. The molecule has 2 aromatic carbocycles. The molecule has 0 radical (unpaired) electrons. The summed E-state index contributed by atoms with van der Waals surface area (Å²) in [5, 5.41) is 10.6. The van der Waals surface area contributed by atoms with Crippen molar-refractivity contribution >= 4 is 23.4 Å². The summed E-state index contributed by atoms with van der Waals surface area (Å²) in [5.74, 6) is 0.989. The van der Waals surface area contributed by atoms with Crippen molar-refractivity contribution in [2.24, 2.45) is 0 Å². The molecule has 0 atom stereocenters. The van der Waals surface area contributed by atoms with Gasteiger partial charge in [0, 0.05) is 23.7 Å². The molecular formula is C28H37N5O3. The average molecular weight is 492 g/mol. The van der Waals surface area contributed by atoms with E-state index in [1.54, 1.807) is 11.8 Å². The van der Waals surface area contributed by atoms with E-state index in [0.717, 1.165) is 35.5 Å². The second-order valence-electron chi connectivity index (χ2n) is 9.89. The van der Waals surface area contributed by atoms with Gasteiger partial charge in [0.2, 0.25) is 5.91 Å². The van der Waals surface area contributed by atoms with Gasteiger partial charge in [-0.2, -0.15) is 5.10 Å². The standard InChI is InChI=1S/C28H37N5O3/c1-7-8-17-32(27(35)29-21-11-9-20(2)10-12-21)19-26(34)30-25-18-24(28(3,4)5)31-33(25)22-13-15-23(36-6)16-14-22/h9-16,18H,7-8,17,19H2,1-6H3,(H,29,35)(H,30,34). The molecule has 0 spiro atoms. The maximum Gasteiger partial charge on any atom is 0.322 e. The summed E-state index contributed by atoms with van der Waals surface area (Å²) in [6.07, 6.45) is 1.71. The van der Waals surface area contributed by atoms with Crippen LogP contribution in [0.2, 0.25) is 0 Å². The van der Waals surface area contributed by atoms with E-state index in [1.807, 2.05) is 61.5 Å². The molecule has 1 heterocycles. The Kier molecular flexibility index (Phi) is 8.74. The molecule has 0 fully saturated rings. The largest absolute Gasteiger partial charge is 0.497 e. The average Bonchev–Trinajstić information content (AvgIpc) is 3.27. The van der Waals surface area contributed by atoms with Gasteiger partial charge in [-0.1, -0.05) is 51.8 Å². The smallest absolute Gasteiger partial charge is 0.322 e. The number of benzene rings is 2. The second kappa shape index (κ2) is 11.7. The number of urea groups is 1. The van der Waals surface area contributed by atoms with E-state index in [2.05, 4.69) is 38.3 Å². The van der Waals surface area contributed by atoms with E-state index in [0.29, 0.717) is 18.1 Å². The highest BCUT2D eigenvalue weighted by atomic mass is 16.5. The number of nitrogens with zero attached hydrogens (tertiary/aromatic N) is 3. The van der Waals surface area contributed by atoms with Gasteiger partial charge in [0.1, 0.15) is 18.1 Å². The fourth-order valence-electron chi connectivity index (χ4n) is 3.55. The van der Waals surface area contributed by atoms with Crippen LogP contribution in [0.15, 0.2) is 54.6 Å². The third kappa shape index (κ3) is 7.10. The fourth-order valence-corrected chi connectivity index (χ4v) is 3.55. The van der Waals surface area contributed by atoms with E-state index in [4.69, 9.17) is 9.84 Å². The summed E-state index contributed by atoms with van der Waals surface area (Å²) in [5.41, 5.74) is 3.23. The molecule has 3 aromatic rings. The fraction of sp³-hybridized carbons (Fsp3) is 0.393. The number of ether oxygens (including phenoxy) is 1. The van der Waals surface area contributed by atoms with Crippen LogP contribution in [-0.4, -0.2) is 46.8 Å². The van der Waals surface area contributed by atoms with Gasteiger partial charge in [0.15, 0.2) is 0 Å². The number of aryl methyl sites for hydroxylation is 1. The molecule has 0 aliphatic carbocycles. The van der Waals surface area contributed by atoms with Gasteiger partial charge in [-0.05, 0) is 49.7 Å². The van der Waals surface area contributed by atoms with Gasteiger partial charge in [-0.25, -0.2) is 9.48 Å². The van der Waals surface area contributed by atoms with Crippen LogP contribution in [-0.2, 0) is 10.2 Å². The Labute approximate surface area is 213 Å². The van der Waals surface area contributed by atoms with Gasteiger partial charge in [0.25, 0.3) is 0 Å². The van der Waals surface area contributed by atoms with Gasteiger partial charge >= 0.3 is 6.03 Å². The van der Waals surface area contributed by atoms with E-state index < -0.39 is 0 Å². The topological polar surface area (TPSA) is 88.5 Å². The maximum absolute atomic E-state index is 13.1. The summed E-state index contributed by atoms with van der Waals surface area (Å²) >= 11 is 0. The Morgan fingerprint density at radius 3 is 2.28 bits per heavy atom. The van der Waals surface area contributed by atoms with Crippen LogP contribution in [0.5, 0.6) is 5.75 Å². The zero-order chi connectivity index (χ0) is 26.3. The van der Waals surface area contributed by atoms with E-state index in [-0.39, 0.29) is 23.9 Å². The van der Waals surface area contributed by atoms with Gasteiger partial charge < -0.3 is 20.3 Å². The minimum atomic E-state index is -0.304. The number of nitrogens with one attached hydrogen (secondary N) is 2. The number of methoxy groups -OCH3 is 1. The highest BCUT2D eigenvalue weighted by molar-refractivity contribution is 5.96. The number of rotatable bonds is 9. The van der Waals surface area contributed by atoms with Crippen molar-refractivity contribution in [3.8, 4) is 11.4 Å². The molecule has 0 aliphatic rings.